The molecule has 0 N–H and O–H groups in total. The van der Waals surface area contributed by atoms with Crippen molar-refractivity contribution in [2.24, 2.45) is 0 Å². The molecule has 2 aromatic carbocycles. The molecule has 0 heteroatoms. The minimum atomic E-state index is 1.28. The fourth-order valence-corrected chi connectivity index (χ4v) is 2.79. The van der Waals surface area contributed by atoms with Gasteiger partial charge in [0.2, 0.25) is 0 Å². The van der Waals surface area contributed by atoms with Crippen molar-refractivity contribution in [1.29, 1.82) is 0 Å². The van der Waals surface area contributed by atoms with Crippen LogP contribution in [0.2, 0.25) is 0 Å². The molecule has 84 valence electrons. The Morgan fingerprint density at radius 3 is 2.11 bits per heavy atom. The molecule has 0 atom stereocenters. The van der Waals surface area contributed by atoms with Crippen LogP contribution in [0.5, 0.6) is 0 Å². The zero-order valence-corrected chi connectivity index (χ0v) is 9.93. The summed E-state index contributed by atoms with van der Waals surface area (Å²) in [4.78, 5) is 0. The van der Waals surface area contributed by atoms with Gasteiger partial charge in [-0.05, 0) is 38.0 Å². The van der Waals surface area contributed by atoms with Crippen molar-refractivity contribution in [2.75, 3.05) is 0 Å². The van der Waals surface area contributed by atoms with E-state index in [2.05, 4.69) is 72.8 Å². The molecule has 0 spiro atoms. The highest BCUT2D eigenvalue weighted by molar-refractivity contribution is 5.91. The van der Waals surface area contributed by atoms with Gasteiger partial charge in [0.05, 0.1) is 0 Å². The highest BCUT2D eigenvalue weighted by Crippen LogP contribution is 2.24. The fraction of sp³-hybridized carbons (Fsp3) is 0. The second kappa shape index (κ2) is 3.58. The van der Waals surface area contributed by atoms with Crippen LogP contribution in [0.4, 0.5) is 0 Å². The molecule has 0 fully saturated rings. The maximum atomic E-state index is 2.30. The molecule has 0 unspecified atom stereocenters. The van der Waals surface area contributed by atoms with Crippen molar-refractivity contribution in [3.63, 3.8) is 0 Å². The molecule has 0 amide bonds. The van der Waals surface area contributed by atoms with Crippen molar-refractivity contribution in [3.8, 4) is 0 Å². The topological polar surface area (TPSA) is 0 Å². The monoisotopic (exact) mass is 228 g/mol. The first-order chi connectivity index (χ1) is 8.93. The molecule has 0 saturated carbocycles. The molecule has 0 heterocycles. The molecule has 2 aliphatic carbocycles. The lowest BCUT2D eigenvalue weighted by molar-refractivity contribution is 1.70. The van der Waals surface area contributed by atoms with Crippen LogP contribution < -0.4 is 0 Å². The molecule has 18 heavy (non-hydrogen) atoms. The molecule has 0 saturated heterocycles. The first kappa shape index (κ1) is 9.67. The van der Waals surface area contributed by atoms with Gasteiger partial charge in [0.15, 0.2) is 0 Å². The van der Waals surface area contributed by atoms with Gasteiger partial charge in [-0.1, -0.05) is 66.7 Å². The molecule has 2 aliphatic rings. The van der Waals surface area contributed by atoms with Crippen LogP contribution in [0.1, 0.15) is 0 Å². The first-order valence-electron chi connectivity index (χ1n) is 6.23. The smallest absolute Gasteiger partial charge is 0.00930 e. The summed E-state index contributed by atoms with van der Waals surface area (Å²) >= 11 is 0. The summed E-state index contributed by atoms with van der Waals surface area (Å²) in [5.74, 6) is 0. The predicted octanol–water partition coefficient (Wildman–Crippen LogP) is 4.72. The third-order valence-electron chi connectivity index (χ3n) is 3.63. The summed E-state index contributed by atoms with van der Waals surface area (Å²) in [5, 5.41) is 7.98. The standard InChI is InChI=1S/C18H12/c1-2-6-13-7-4-11-17-16-10-5-8-14(16)12-18(17)15(13)9-3-1/h1-12H. The zero-order chi connectivity index (χ0) is 11.9. The lowest BCUT2D eigenvalue weighted by Crippen LogP contribution is -1.64. The second-order valence-corrected chi connectivity index (χ2v) is 4.67. The van der Waals surface area contributed by atoms with E-state index in [0.717, 1.165) is 0 Å². The average Bonchev–Trinajstić information content (AvgIpc) is 2.80. The zero-order valence-electron chi connectivity index (χ0n) is 9.93. The fourth-order valence-electron chi connectivity index (χ4n) is 2.79. The number of rotatable bonds is 0. The van der Waals surface area contributed by atoms with E-state index < -0.39 is 0 Å². The van der Waals surface area contributed by atoms with Crippen molar-refractivity contribution < 1.29 is 0 Å². The van der Waals surface area contributed by atoms with Gasteiger partial charge in [-0.2, -0.15) is 0 Å². The molecule has 0 nitrogen and oxygen atoms in total. The largest absolute Gasteiger partial charge is 0.0622 e. The highest BCUT2D eigenvalue weighted by Gasteiger charge is 2.01. The Balaban J connectivity index is 2.43. The van der Waals surface area contributed by atoms with E-state index in [9.17, 15) is 0 Å². The molecule has 0 bridgehead atoms. The van der Waals surface area contributed by atoms with Gasteiger partial charge in [0.1, 0.15) is 0 Å². The van der Waals surface area contributed by atoms with Crippen LogP contribution in [0.15, 0.2) is 72.8 Å². The van der Waals surface area contributed by atoms with Gasteiger partial charge < -0.3 is 0 Å². The van der Waals surface area contributed by atoms with E-state index in [4.69, 9.17) is 0 Å². The van der Waals surface area contributed by atoms with E-state index in [0.29, 0.717) is 0 Å². The third-order valence-corrected chi connectivity index (χ3v) is 3.63. The Bertz CT molecular complexity index is 919. The normalized spacial score (nSPS) is 11.3. The van der Waals surface area contributed by atoms with Crippen molar-refractivity contribution in [3.05, 3.63) is 83.2 Å². The molecule has 0 radical (unpaired) electrons. The van der Waals surface area contributed by atoms with Crippen LogP contribution in [0.25, 0.3) is 21.5 Å². The molecule has 0 aliphatic heterocycles. The van der Waals surface area contributed by atoms with Crippen molar-refractivity contribution in [2.45, 2.75) is 0 Å². The number of hydrogen-bond acceptors (Lipinski definition) is 0. The van der Waals surface area contributed by atoms with E-state index in [1.165, 1.54) is 32.0 Å². The van der Waals surface area contributed by atoms with Crippen molar-refractivity contribution in [1.82, 2.24) is 0 Å². The van der Waals surface area contributed by atoms with Gasteiger partial charge in [-0.15, -0.1) is 0 Å². The highest BCUT2D eigenvalue weighted by atomic mass is 14.1. The summed E-state index contributed by atoms with van der Waals surface area (Å²) in [7, 11) is 0. The number of hydrogen-bond donors (Lipinski definition) is 0. The molecule has 2 aromatic rings. The summed E-state index contributed by atoms with van der Waals surface area (Å²) < 4.78 is 0. The summed E-state index contributed by atoms with van der Waals surface area (Å²) in [6.07, 6.45) is 0. The van der Waals surface area contributed by atoms with Gasteiger partial charge in [-0.25, -0.2) is 0 Å². The molecular formula is C18H12. The maximum absolute atomic E-state index is 2.30. The molecular weight excluding hydrogens is 216 g/mol. The van der Waals surface area contributed by atoms with Crippen LogP contribution >= 0.6 is 0 Å². The van der Waals surface area contributed by atoms with E-state index in [1.54, 1.807) is 0 Å². The van der Waals surface area contributed by atoms with Crippen LogP contribution in [0.3, 0.4) is 0 Å². The van der Waals surface area contributed by atoms with Gasteiger partial charge in [-0.3, -0.25) is 0 Å². The Morgan fingerprint density at radius 1 is 0.444 bits per heavy atom. The Labute approximate surface area is 105 Å². The van der Waals surface area contributed by atoms with Gasteiger partial charge >= 0.3 is 0 Å². The Hall–Kier alpha value is -2.34. The minimum Gasteiger partial charge on any atom is -0.0622 e. The Kier molecular flexibility index (Phi) is 1.92. The van der Waals surface area contributed by atoms with Crippen molar-refractivity contribution >= 4 is 21.5 Å². The Morgan fingerprint density at radius 2 is 1.11 bits per heavy atom. The lowest BCUT2D eigenvalue weighted by Gasteiger charge is -1.85. The summed E-state index contributed by atoms with van der Waals surface area (Å²) in [6, 6.07) is 26.0. The average molecular weight is 228 g/mol. The molecule has 0 aromatic heterocycles. The van der Waals surface area contributed by atoms with E-state index in [-0.39, 0.29) is 0 Å². The minimum absolute atomic E-state index is 1.28. The van der Waals surface area contributed by atoms with E-state index in [1.807, 2.05) is 0 Å². The quantitative estimate of drug-likeness (QED) is 0.408. The number of fused-ring (bicyclic) bond motifs is 4. The third kappa shape index (κ3) is 1.26. The van der Waals surface area contributed by atoms with Crippen LogP contribution in [-0.2, 0) is 0 Å². The second-order valence-electron chi connectivity index (χ2n) is 4.67. The van der Waals surface area contributed by atoms with Gasteiger partial charge in [0, 0.05) is 0 Å². The predicted molar refractivity (Wildman–Crippen MR) is 76.8 cm³/mol. The van der Waals surface area contributed by atoms with Crippen LogP contribution in [0, 0.1) is 10.4 Å². The maximum Gasteiger partial charge on any atom is -0.00930 e. The summed E-state index contributed by atoms with van der Waals surface area (Å²) in [6.45, 7) is 0. The lowest BCUT2D eigenvalue weighted by atomic mass is 10.2. The molecule has 4 rings (SSSR count). The summed E-state index contributed by atoms with van der Waals surface area (Å²) in [5.41, 5.74) is 0. The van der Waals surface area contributed by atoms with Crippen LogP contribution in [-0.4, -0.2) is 0 Å². The SMILES string of the molecule is c1ccc2cccc3c4cccc4cc=3c2cc1. The first-order valence-corrected chi connectivity index (χ1v) is 6.23. The van der Waals surface area contributed by atoms with E-state index >= 15 is 0 Å². The van der Waals surface area contributed by atoms with Gasteiger partial charge in [0.25, 0.3) is 0 Å².